The minimum absolute atomic E-state index is 0.244. The van der Waals surface area contributed by atoms with E-state index in [0.29, 0.717) is 5.71 Å². The molecule has 0 radical (unpaired) electrons. The highest BCUT2D eigenvalue weighted by atomic mass is 14.4. The van der Waals surface area contributed by atoms with Crippen LogP contribution in [0, 0.1) is 5.41 Å². The van der Waals surface area contributed by atoms with Gasteiger partial charge in [-0.05, 0) is 23.3 Å². The number of nitrogens with one attached hydrogen (secondary N) is 1. The van der Waals surface area contributed by atoms with Gasteiger partial charge in [-0.3, -0.25) is 5.41 Å². The second-order valence-electron chi connectivity index (χ2n) is 6.29. The molecule has 1 atom stereocenters. The van der Waals surface area contributed by atoms with Gasteiger partial charge in [0, 0.05) is 17.0 Å². The van der Waals surface area contributed by atoms with E-state index in [2.05, 4.69) is 61.5 Å². The summed E-state index contributed by atoms with van der Waals surface area (Å²) in [7, 11) is 0. The largest absolute Gasteiger partial charge is 0.300 e. The molecular weight excluding hydrogens is 290 g/mol. The Morgan fingerprint density at radius 3 is 2.38 bits per heavy atom. The number of hydrogen-bond donors (Lipinski definition) is 1. The maximum absolute atomic E-state index is 8.86. The van der Waals surface area contributed by atoms with Crippen molar-refractivity contribution in [3.63, 3.8) is 0 Å². The van der Waals surface area contributed by atoms with Gasteiger partial charge in [-0.2, -0.15) is 0 Å². The molecule has 116 valence electrons. The lowest BCUT2D eigenvalue weighted by Crippen LogP contribution is -2.08. The Hall–Kier alpha value is -2.93. The van der Waals surface area contributed by atoms with Crippen molar-refractivity contribution in [1.29, 1.82) is 5.41 Å². The molecule has 0 bridgehead atoms. The molecule has 3 aromatic rings. The summed E-state index contributed by atoms with van der Waals surface area (Å²) >= 11 is 0. The maximum atomic E-state index is 8.86. The van der Waals surface area contributed by atoms with Crippen LogP contribution < -0.4 is 0 Å². The van der Waals surface area contributed by atoms with Crippen molar-refractivity contribution in [1.82, 2.24) is 0 Å². The van der Waals surface area contributed by atoms with Crippen LogP contribution in [0.5, 0.6) is 0 Å². The zero-order chi connectivity index (χ0) is 16.5. The van der Waals surface area contributed by atoms with Crippen LogP contribution in [-0.2, 0) is 0 Å². The van der Waals surface area contributed by atoms with Crippen molar-refractivity contribution in [3.05, 3.63) is 107 Å². The topological polar surface area (TPSA) is 23.9 Å². The van der Waals surface area contributed by atoms with E-state index in [4.69, 9.17) is 5.41 Å². The van der Waals surface area contributed by atoms with Crippen LogP contribution in [0.3, 0.4) is 0 Å². The van der Waals surface area contributed by atoms with Gasteiger partial charge in [-0.25, -0.2) is 0 Å². The van der Waals surface area contributed by atoms with Crippen molar-refractivity contribution < 1.29 is 0 Å². The fraction of sp³-hybridized carbons (Fsp3) is 0.0870. The third-order valence-corrected chi connectivity index (χ3v) is 4.64. The van der Waals surface area contributed by atoms with Crippen molar-refractivity contribution in [2.75, 3.05) is 0 Å². The second kappa shape index (κ2) is 5.93. The quantitative estimate of drug-likeness (QED) is 0.586. The normalized spacial score (nSPS) is 16.4. The minimum Gasteiger partial charge on any atom is -0.300 e. The van der Waals surface area contributed by atoms with Crippen LogP contribution in [0.4, 0.5) is 0 Å². The molecule has 3 aromatic carbocycles. The Balaban J connectivity index is 1.97. The summed E-state index contributed by atoms with van der Waals surface area (Å²) in [4.78, 5) is 0. The van der Waals surface area contributed by atoms with E-state index in [9.17, 15) is 0 Å². The van der Waals surface area contributed by atoms with E-state index in [1.807, 2.05) is 30.3 Å². The van der Waals surface area contributed by atoms with Gasteiger partial charge in [-0.15, -0.1) is 0 Å². The molecule has 1 unspecified atom stereocenters. The molecule has 1 heteroatoms. The summed E-state index contributed by atoms with van der Waals surface area (Å²) in [5, 5.41) is 11.2. The molecule has 0 heterocycles. The van der Waals surface area contributed by atoms with E-state index in [0.717, 1.165) is 16.5 Å². The molecule has 0 aliphatic heterocycles. The van der Waals surface area contributed by atoms with E-state index in [-0.39, 0.29) is 5.92 Å². The number of allylic oxidation sites excluding steroid dienone is 4. The van der Waals surface area contributed by atoms with Crippen LogP contribution in [0.2, 0.25) is 0 Å². The van der Waals surface area contributed by atoms with Gasteiger partial charge in [-0.1, -0.05) is 90.5 Å². The van der Waals surface area contributed by atoms with Crippen molar-refractivity contribution >= 4 is 16.5 Å². The lowest BCUT2D eigenvalue weighted by molar-refractivity contribution is 1.10. The van der Waals surface area contributed by atoms with Gasteiger partial charge in [0.15, 0.2) is 0 Å². The summed E-state index contributed by atoms with van der Waals surface area (Å²) in [6.45, 7) is 2.12. The average Bonchev–Trinajstić information content (AvgIpc) is 3.07. The Morgan fingerprint density at radius 2 is 1.62 bits per heavy atom. The molecule has 0 aromatic heterocycles. The molecular formula is C23H19N. The molecule has 0 amide bonds. The first-order valence-electron chi connectivity index (χ1n) is 8.26. The SMILES string of the molecule is CC1=CC(c2ccc3ccccc3c2C(=N)c2ccccc2)C=C1. The van der Waals surface area contributed by atoms with Gasteiger partial charge in [0.2, 0.25) is 0 Å². The number of rotatable bonds is 3. The first-order chi connectivity index (χ1) is 11.7. The molecule has 4 rings (SSSR count). The van der Waals surface area contributed by atoms with Crippen molar-refractivity contribution in [2.45, 2.75) is 12.8 Å². The van der Waals surface area contributed by atoms with Crippen LogP contribution in [-0.4, -0.2) is 5.71 Å². The molecule has 1 aliphatic carbocycles. The Labute approximate surface area is 142 Å². The zero-order valence-corrected chi connectivity index (χ0v) is 13.7. The molecule has 1 N–H and O–H groups in total. The van der Waals surface area contributed by atoms with Gasteiger partial charge in [0.05, 0.1) is 5.71 Å². The van der Waals surface area contributed by atoms with E-state index in [1.165, 1.54) is 16.5 Å². The Kier molecular flexibility index (Phi) is 3.62. The predicted molar refractivity (Wildman–Crippen MR) is 102 cm³/mol. The van der Waals surface area contributed by atoms with Gasteiger partial charge in [0.1, 0.15) is 0 Å². The average molecular weight is 309 g/mol. The lowest BCUT2D eigenvalue weighted by atomic mass is 9.86. The number of hydrogen-bond acceptors (Lipinski definition) is 1. The molecule has 0 saturated carbocycles. The predicted octanol–water partition coefficient (Wildman–Crippen LogP) is 5.86. The summed E-state index contributed by atoms with van der Waals surface area (Å²) in [5.74, 6) is 0.244. The number of benzene rings is 3. The summed E-state index contributed by atoms with van der Waals surface area (Å²) in [5.41, 5.74) is 5.08. The van der Waals surface area contributed by atoms with Crippen LogP contribution >= 0.6 is 0 Å². The second-order valence-corrected chi connectivity index (χ2v) is 6.29. The monoisotopic (exact) mass is 309 g/mol. The molecule has 24 heavy (non-hydrogen) atoms. The Bertz CT molecular complexity index is 977. The molecule has 0 spiro atoms. The van der Waals surface area contributed by atoms with E-state index in [1.54, 1.807) is 0 Å². The molecule has 0 fully saturated rings. The van der Waals surface area contributed by atoms with E-state index < -0.39 is 0 Å². The van der Waals surface area contributed by atoms with Gasteiger partial charge in [0.25, 0.3) is 0 Å². The van der Waals surface area contributed by atoms with Gasteiger partial charge < -0.3 is 0 Å². The molecule has 1 aliphatic rings. The van der Waals surface area contributed by atoms with Crippen molar-refractivity contribution in [3.8, 4) is 0 Å². The van der Waals surface area contributed by atoms with Crippen LogP contribution in [0.1, 0.15) is 29.5 Å². The third-order valence-electron chi connectivity index (χ3n) is 4.64. The van der Waals surface area contributed by atoms with Crippen LogP contribution in [0.15, 0.2) is 90.5 Å². The smallest absolute Gasteiger partial charge is 0.0693 e. The molecule has 0 saturated heterocycles. The first-order valence-corrected chi connectivity index (χ1v) is 8.26. The summed E-state index contributed by atoms with van der Waals surface area (Å²) in [6.07, 6.45) is 6.66. The maximum Gasteiger partial charge on any atom is 0.0693 e. The fourth-order valence-electron chi connectivity index (χ4n) is 3.44. The standard InChI is InChI=1S/C23H19N/c1-16-11-12-19(15-16)21-14-13-17-7-5-6-10-20(17)22(21)23(24)18-8-3-2-4-9-18/h2-15,19,24H,1H3. The Morgan fingerprint density at radius 1 is 0.875 bits per heavy atom. The third kappa shape index (κ3) is 2.48. The molecule has 1 nitrogen and oxygen atoms in total. The highest BCUT2D eigenvalue weighted by Gasteiger charge is 2.19. The lowest BCUT2D eigenvalue weighted by Gasteiger charge is -2.17. The van der Waals surface area contributed by atoms with E-state index >= 15 is 0 Å². The highest BCUT2D eigenvalue weighted by Crippen LogP contribution is 2.34. The van der Waals surface area contributed by atoms with Crippen LogP contribution in [0.25, 0.3) is 10.8 Å². The summed E-state index contributed by atoms with van der Waals surface area (Å²) in [6, 6.07) is 22.7. The van der Waals surface area contributed by atoms with Gasteiger partial charge >= 0.3 is 0 Å². The minimum atomic E-state index is 0.244. The van der Waals surface area contributed by atoms with Crippen molar-refractivity contribution in [2.24, 2.45) is 0 Å². The summed E-state index contributed by atoms with van der Waals surface area (Å²) < 4.78 is 0. The zero-order valence-electron chi connectivity index (χ0n) is 13.7. The number of fused-ring (bicyclic) bond motifs is 1. The fourth-order valence-corrected chi connectivity index (χ4v) is 3.44. The highest BCUT2D eigenvalue weighted by molar-refractivity contribution is 6.19. The first kappa shape index (κ1) is 14.6.